The topological polar surface area (TPSA) is 20.2 Å². The minimum absolute atomic E-state index is 0.0971. The molecule has 0 saturated heterocycles. The summed E-state index contributed by atoms with van der Waals surface area (Å²) in [6, 6.07) is 14.3. The summed E-state index contributed by atoms with van der Waals surface area (Å²) < 4.78 is 0. The maximum absolute atomic E-state index is 9.63. The van der Waals surface area contributed by atoms with E-state index in [0.29, 0.717) is 0 Å². The Bertz CT molecular complexity index is 543. The number of aryl methyl sites for hydroxylation is 2. The Morgan fingerprint density at radius 2 is 1.74 bits per heavy atom. The number of aliphatic hydroxyl groups excluding tert-OH is 1. The van der Waals surface area contributed by atoms with Crippen molar-refractivity contribution in [1.29, 1.82) is 0 Å². The van der Waals surface area contributed by atoms with Crippen molar-refractivity contribution < 1.29 is 5.11 Å². The zero-order valence-corrected chi connectivity index (χ0v) is 12.1. The lowest BCUT2D eigenvalue weighted by molar-refractivity contribution is 0.264. The van der Waals surface area contributed by atoms with Crippen LogP contribution in [0.15, 0.2) is 42.5 Å². The zero-order valence-electron chi connectivity index (χ0n) is 11.4. The highest BCUT2D eigenvalue weighted by atomic mass is 35.5. The van der Waals surface area contributed by atoms with Gasteiger partial charge in [-0.2, -0.15) is 0 Å². The molecule has 1 nitrogen and oxygen atoms in total. The summed E-state index contributed by atoms with van der Waals surface area (Å²) in [5, 5.41) is 10.3. The molecule has 1 atom stereocenters. The molecule has 0 aliphatic rings. The second kappa shape index (κ2) is 6.23. The van der Waals surface area contributed by atoms with E-state index in [0.717, 1.165) is 17.0 Å². The predicted molar refractivity (Wildman–Crippen MR) is 80.9 cm³/mol. The third-order valence-corrected chi connectivity index (χ3v) is 3.54. The third kappa shape index (κ3) is 3.82. The standard InChI is InChI=1S/C17H19ClO/c1-12-6-13(2)8-14(7-12)9-16(11-19)15-4-3-5-17(18)10-15/h3-8,10,16,19H,9,11H2,1-2H3. The van der Waals surface area contributed by atoms with Gasteiger partial charge in [-0.25, -0.2) is 0 Å². The monoisotopic (exact) mass is 274 g/mol. The number of halogens is 1. The largest absolute Gasteiger partial charge is 0.396 e. The molecule has 0 aliphatic carbocycles. The minimum Gasteiger partial charge on any atom is -0.396 e. The van der Waals surface area contributed by atoms with E-state index in [-0.39, 0.29) is 12.5 Å². The van der Waals surface area contributed by atoms with Crippen molar-refractivity contribution in [2.24, 2.45) is 0 Å². The van der Waals surface area contributed by atoms with E-state index in [9.17, 15) is 5.11 Å². The van der Waals surface area contributed by atoms with Gasteiger partial charge in [0.1, 0.15) is 0 Å². The SMILES string of the molecule is Cc1cc(C)cc(CC(CO)c2cccc(Cl)c2)c1. The second-order valence-electron chi connectivity index (χ2n) is 5.13. The van der Waals surface area contributed by atoms with Crippen LogP contribution < -0.4 is 0 Å². The van der Waals surface area contributed by atoms with Gasteiger partial charge in [0.15, 0.2) is 0 Å². The Balaban J connectivity index is 2.23. The van der Waals surface area contributed by atoms with E-state index in [2.05, 4.69) is 32.0 Å². The summed E-state index contributed by atoms with van der Waals surface area (Å²) in [6.07, 6.45) is 0.833. The van der Waals surface area contributed by atoms with Gasteiger partial charge < -0.3 is 5.11 Å². The Morgan fingerprint density at radius 3 is 2.32 bits per heavy atom. The third-order valence-electron chi connectivity index (χ3n) is 3.30. The van der Waals surface area contributed by atoms with Gasteiger partial charge >= 0.3 is 0 Å². The van der Waals surface area contributed by atoms with Crippen molar-refractivity contribution in [1.82, 2.24) is 0 Å². The lowest BCUT2D eigenvalue weighted by Gasteiger charge is -2.16. The summed E-state index contributed by atoms with van der Waals surface area (Å²) in [5.74, 6) is 0.0971. The molecule has 100 valence electrons. The fraction of sp³-hybridized carbons (Fsp3) is 0.294. The number of rotatable bonds is 4. The smallest absolute Gasteiger partial charge is 0.0502 e. The molecule has 0 aromatic heterocycles. The van der Waals surface area contributed by atoms with Gasteiger partial charge in [0.25, 0.3) is 0 Å². The van der Waals surface area contributed by atoms with E-state index in [1.54, 1.807) is 0 Å². The quantitative estimate of drug-likeness (QED) is 0.882. The molecule has 2 heteroatoms. The molecule has 0 saturated carbocycles. The van der Waals surface area contributed by atoms with Gasteiger partial charge in [-0.15, -0.1) is 0 Å². The fourth-order valence-corrected chi connectivity index (χ4v) is 2.72. The molecule has 2 rings (SSSR count). The highest BCUT2D eigenvalue weighted by molar-refractivity contribution is 6.30. The first-order chi connectivity index (χ1) is 9.08. The van der Waals surface area contributed by atoms with E-state index >= 15 is 0 Å². The zero-order chi connectivity index (χ0) is 13.8. The van der Waals surface area contributed by atoms with Crippen LogP contribution in [0.1, 0.15) is 28.2 Å². The molecule has 2 aromatic rings. The molecule has 2 aromatic carbocycles. The first-order valence-corrected chi connectivity index (χ1v) is 6.90. The lowest BCUT2D eigenvalue weighted by Crippen LogP contribution is -2.08. The van der Waals surface area contributed by atoms with E-state index in [1.165, 1.54) is 16.7 Å². The highest BCUT2D eigenvalue weighted by Gasteiger charge is 2.12. The van der Waals surface area contributed by atoms with Crippen LogP contribution >= 0.6 is 11.6 Å². The molecule has 0 spiro atoms. The van der Waals surface area contributed by atoms with Crippen molar-refractivity contribution in [3.05, 3.63) is 69.7 Å². The Labute approximate surface area is 119 Å². The molecule has 1 N–H and O–H groups in total. The van der Waals surface area contributed by atoms with Crippen molar-refractivity contribution in [2.75, 3.05) is 6.61 Å². The maximum atomic E-state index is 9.63. The summed E-state index contributed by atoms with van der Waals surface area (Å²) in [6.45, 7) is 4.33. The van der Waals surface area contributed by atoms with Gasteiger partial charge in [-0.1, -0.05) is 53.1 Å². The Kier molecular flexibility index (Phi) is 4.62. The Morgan fingerprint density at radius 1 is 1.05 bits per heavy atom. The first kappa shape index (κ1) is 14.1. The number of hydrogen-bond donors (Lipinski definition) is 1. The molecule has 0 heterocycles. The summed E-state index contributed by atoms with van der Waals surface area (Å²) >= 11 is 6.02. The molecular weight excluding hydrogens is 256 g/mol. The number of hydrogen-bond acceptors (Lipinski definition) is 1. The Hall–Kier alpha value is -1.31. The van der Waals surface area contributed by atoms with Crippen LogP contribution in [0, 0.1) is 13.8 Å². The van der Waals surface area contributed by atoms with E-state index in [1.807, 2.05) is 24.3 Å². The second-order valence-corrected chi connectivity index (χ2v) is 5.57. The maximum Gasteiger partial charge on any atom is 0.0502 e. The van der Waals surface area contributed by atoms with Gasteiger partial charge in [-0.05, 0) is 43.5 Å². The van der Waals surface area contributed by atoms with Gasteiger partial charge in [0, 0.05) is 10.9 Å². The molecule has 0 amide bonds. The molecule has 0 bridgehead atoms. The average Bonchev–Trinajstić information content (AvgIpc) is 2.34. The fourth-order valence-electron chi connectivity index (χ4n) is 2.52. The number of aliphatic hydroxyl groups is 1. The van der Waals surface area contributed by atoms with Crippen LogP contribution in [-0.2, 0) is 6.42 Å². The van der Waals surface area contributed by atoms with Gasteiger partial charge in [0.2, 0.25) is 0 Å². The summed E-state index contributed by atoms with van der Waals surface area (Å²) in [7, 11) is 0. The van der Waals surface area contributed by atoms with Crippen molar-refractivity contribution in [3.8, 4) is 0 Å². The molecule has 1 unspecified atom stereocenters. The van der Waals surface area contributed by atoms with Crippen LogP contribution in [0.4, 0.5) is 0 Å². The van der Waals surface area contributed by atoms with Crippen LogP contribution in [-0.4, -0.2) is 11.7 Å². The summed E-state index contributed by atoms with van der Waals surface area (Å²) in [4.78, 5) is 0. The van der Waals surface area contributed by atoms with Crippen LogP contribution in [0.25, 0.3) is 0 Å². The van der Waals surface area contributed by atoms with Crippen molar-refractivity contribution in [2.45, 2.75) is 26.2 Å². The minimum atomic E-state index is 0.0971. The molecule has 19 heavy (non-hydrogen) atoms. The van der Waals surface area contributed by atoms with Crippen LogP contribution in [0.2, 0.25) is 5.02 Å². The molecule has 0 fully saturated rings. The van der Waals surface area contributed by atoms with Crippen LogP contribution in [0.5, 0.6) is 0 Å². The van der Waals surface area contributed by atoms with E-state index in [4.69, 9.17) is 11.6 Å². The molecule has 0 aliphatic heterocycles. The van der Waals surface area contributed by atoms with Gasteiger partial charge in [0.05, 0.1) is 6.61 Å². The highest BCUT2D eigenvalue weighted by Crippen LogP contribution is 2.24. The van der Waals surface area contributed by atoms with E-state index < -0.39 is 0 Å². The normalized spacial score (nSPS) is 12.4. The number of benzene rings is 2. The van der Waals surface area contributed by atoms with Crippen molar-refractivity contribution >= 4 is 11.6 Å². The summed E-state index contributed by atoms with van der Waals surface area (Å²) in [5.41, 5.74) is 4.88. The lowest BCUT2D eigenvalue weighted by atomic mass is 9.91. The predicted octanol–water partition coefficient (Wildman–Crippen LogP) is 4.28. The van der Waals surface area contributed by atoms with Crippen molar-refractivity contribution in [3.63, 3.8) is 0 Å². The van der Waals surface area contributed by atoms with Crippen LogP contribution in [0.3, 0.4) is 0 Å². The molecule has 0 radical (unpaired) electrons. The first-order valence-electron chi connectivity index (χ1n) is 6.52. The molecular formula is C17H19ClO. The average molecular weight is 275 g/mol. The van der Waals surface area contributed by atoms with Gasteiger partial charge in [-0.3, -0.25) is 0 Å².